The predicted molar refractivity (Wildman–Crippen MR) is 148 cm³/mol. The van der Waals surface area contributed by atoms with E-state index in [0.717, 1.165) is 0 Å². The average Bonchev–Trinajstić information content (AvgIpc) is 2.98. The maximum Gasteiger partial charge on any atom is 0.330 e. The van der Waals surface area contributed by atoms with Gasteiger partial charge in [-0.1, -0.05) is 61.2 Å². The Morgan fingerprint density at radius 3 is 1.97 bits per heavy atom. The van der Waals surface area contributed by atoms with Gasteiger partial charge in [0.2, 0.25) is 0 Å². The lowest BCUT2D eigenvalue weighted by molar-refractivity contribution is -0.0411. The van der Waals surface area contributed by atoms with Crippen LogP contribution in [0.4, 0.5) is 0 Å². The van der Waals surface area contributed by atoms with E-state index in [4.69, 9.17) is 13.6 Å². The Kier molecular flexibility index (Phi) is 8.30. The largest absolute Gasteiger partial charge is 0.414 e. The molecule has 1 saturated heterocycles. The monoisotopic (exact) mass is 528 g/mol. The van der Waals surface area contributed by atoms with Gasteiger partial charge in [-0.2, -0.15) is 0 Å². The zero-order valence-corrected chi connectivity index (χ0v) is 26.7. The van der Waals surface area contributed by atoms with Crippen LogP contribution in [0.2, 0.25) is 55.9 Å². The molecule has 0 aromatic carbocycles. The number of rotatable bonds is 7. The first-order valence-corrected chi connectivity index (χ1v) is 21.7. The summed E-state index contributed by atoms with van der Waals surface area (Å²) in [5.74, 6) is 0. The van der Waals surface area contributed by atoms with Gasteiger partial charge in [0, 0.05) is 17.8 Å². The fourth-order valence-corrected chi connectivity index (χ4v) is 7.08. The van der Waals surface area contributed by atoms with Gasteiger partial charge in [-0.15, -0.1) is 0 Å². The van der Waals surface area contributed by atoms with Crippen molar-refractivity contribution in [3.8, 4) is 0 Å². The first kappa shape index (κ1) is 29.4. The summed E-state index contributed by atoms with van der Waals surface area (Å²) in [5, 5.41) is 0.831. The van der Waals surface area contributed by atoms with Crippen molar-refractivity contribution >= 4 is 29.9 Å². The van der Waals surface area contributed by atoms with Gasteiger partial charge in [-0.05, 0) is 36.3 Å². The zero-order chi connectivity index (χ0) is 26.5. The van der Waals surface area contributed by atoms with Crippen molar-refractivity contribution in [1.29, 1.82) is 0 Å². The van der Waals surface area contributed by atoms with E-state index in [0.29, 0.717) is 18.2 Å². The number of ether oxygens (including phenoxy) is 1. The van der Waals surface area contributed by atoms with Gasteiger partial charge >= 0.3 is 5.69 Å². The highest BCUT2D eigenvalue weighted by atomic mass is 28.4. The molecule has 1 N–H and O–H groups in total. The minimum absolute atomic E-state index is 0.0513. The molecule has 1 aliphatic heterocycles. The van der Waals surface area contributed by atoms with Gasteiger partial charge in [0.05, 0.1) is 20.8 Å². The number of aromatic amines is 1. The van der Waals surface area contributed by atoms with Crippen molar-refractivity contribution < 1.29 is 13.6 Å². The first-order valence-electron chi connectivity index (χ1n) is 12.4. The molecule has 34 heavy (non-hydrogen) atoms. The Morgan fingerprint density at radius 2 is 1.50 bits per heavy atom. The molecular formula is C24H48N2O5Si3. The van der Waals surface area contributed by atoms with E-state index in [-0.39, 0.29) is 27.8 Å². The summed E-state index contributed by atoms with van der Waals surface area (Å²) in [7, 11) is -6.01. The second kappa shape index (κ2) is 9.59. The van der Waals surface area contributed by atoms with Crippen LogP contribution < -0.4 is 16.4 Å². The maximum absolute atomic E-state index is 12.8. The van der Waals surface area contributed by atoms with Crippen LogP contribution in [0, 0.1) is 0 Å². The molecule has 0 unspecified atom stereocenters. The highest BCUT2D eigenvalue weighted by molar-refractivity contribution is 6.88. The highest BCUT2D eigenvalue weighted by Gasteiger charge is 2.47. The van der Waals surface area contributed by atoms with Gasteiger partial charge in [0.25, 0.3) is 5.56 Å². The fourth-order valence-electron chi connectivity index (χ4n) is 3.44. The molecule has 10 heteroatoms. The standard InChI is InChI=1S/C24H48N2O5Si3/c1-23(2,3)33(10,11)29-16-18-17(31-34(12,13)24(4,5)6)14-20(30-18)26-15-19(32(7,8)9)21(27)25-22(26)28/h15,17-18,20H,14,16H2,1-13H3,(H,25,27,28)/t17-,18+,20+/m0/s1. The van der Waals surface area contributed by atoms with E-state index in [1.807, 2.05) is 0 Å². The van der Waals surface area contributed by atoms with Crippen LogP contribution in [0.25, 0.3) is 0 Å². The normalized spacial score (nSPS) is 22.9. The molecule has 1 aromatic heterocycles. The molecule has 2 rings (SSSR count). The highest BCUT2D eigenvalue weighted by Crippen LogP contribution is 2.42. The number of hydrogen-bond donors (Lipinski definition) is 1. The van der Waals surface area contributed by atoms with Gasteiger partial charge in [0.15, 0.2) is 16.6 Å². The molecule has 1 fully saturated rings. The lowest BCUT2D eigenvalue weighted by Crippen LogP contribution is -2.52. The predicted octanol–water partition coefficient (Wildman–Crippen LogP) is 4.78. The Labute approximate surface area is 208 Å². The molecule has 7 nitrogen and oxygen atoms in total. The molecule has 0 amide bonds. The molecule has 1 aliphatic rings. The lowest BCUT2D eigenvalue weighted by atomic mass is 10.2. The SMILES string of the molecule is CC(C)(C)[Si](C)(C)OC[C@H]1O[C@@H](n2cc([Si](C)(C)C)c(=O)[nH]c2=O)C[C@@H]1O[Si](C)(C)C(C)(C)C. The average molecular weight is 529 g/mol. The fraction of sp³-hybridized carbons (Fsp3) is 0.833. The van der Waals surface area contributed by atoms with E-state index < -0.39 is 36.6 Å². The number of nitrogens with zero attached hydrogens (tertiary/aromatic N) is 1. The van der Waals surface area contributed by atoms with Crippen molar-refractivity contribution in [3.63, 3.8) is 0 Å². The number of aromatic nitrogens is 2. The minimum Gasteiger partial charge on any atom is -0.414 e. The number of nitrogens with one attached hydrogen (secondary N) is 1. The summed E-state index contributed by atoms with van der Waals surface area (Å²) in [5.41, 5.74) is -0.723. The maximum atomic E-state index is 12.8. The van der Waals surface area contributed by atoms with E-state index in [1.54, 1.807) is 10.8 Å². The van der Waals surface area contributed by atoms with Gasteiger partial charge in [-0.3, -0.25) is 14.3 Å². The van der Waals surface area contributed by atoms with Crippen molar-refractivity contribution in [2.45, 2.75) is 122 Å². The first-order chi connectivity index (χ1) is 15.1. The summed E-state index contributed by atoms with van der Waals surface area (Å²) < 4.78 is 21.4. The lowest BCUT2D eigenvalue weighted by Gasteiger charge is -2.40. The van der Waals surface area contributed by atoms with E-state index in [2.05, 4.69) is 92.4 Å². The molecule has 0 aliphatic carbocycles. The molecule has 1 aromatic rings. The van der Waals surface area contributed by atoms with Crippen molar-refractivity contribution in [1.82, 2.24) is 9.55 Å². The second-order valence-electron chi connectivity index (χ2n) is 13.8. The molecule has 0 saturated carbocycles. The quantitative estimate of drug-likeness (QED) is 0.515. The second-order valence-corrected chi connectivity index (χ2v) is 28.4. The summed E-state index contributed by atoms with van der Waals surface area (Å²) in [6.45, 7) is 29.0. The minimum atomic E-state index is -2.08. The van der Waals surface area contributed by atoms with Gasteiger partial charge in [-0.25, -0.2) is 4.79 Å². The Bertz CT molecular complexity index is 981. The van der Waals surface area contributed by atoms with Gasteiger partial charge in [0.1, 0.15) is 12.3 Å². The van der Waals surface area contributed by atoms with Crippen LogP contribution in [-0.2, 0) is 13.6 Å². The van der Waals surface area contributed by atoms with Crippen molar-refractivity contribution in [2.75, 3.05) is 6.61 Å². The smallest absolute Gasteiger partial charge is 0.330 e. The van der Waals surface area contributed by atoms with Crippen LogP contribution in [0.15, 0.2) is 15.8 Å². The summed E-state index contributed by atoms with van der Waals surface area (Å²) in [4.78, 5) is 27.8. The number of hydrogen-bond acceptors (Lipinski definition) is 5. The Balaban J connectivity index is 2.41. The molecule has 2 heterocycles. The summed E-state index contributed by atoms with van der Waals surface area (Å²) >= 11 is 0. The molecule has 0 radical (unpaired) electrons. The van der Waals surface area contributed by atoms with E-state index in [9.17, 15) is 9.59 Å². The van der Waals surface area contributed by atoms with Crippen LogP contribution in [0.3, 0.4) is 0 Å². The van der Waals surface area contributed by atoms with Crippen molar-refractivity contribution in [3.05, 3.63) is 27.0 Å². The molecule has 196 valence electrons. The Morgan fingerprint density at radius 1 is 0.971 bits per heavy atom. The third kappa shape index (κ3) is 6.50. The van der Waals surface area contributed by atoms with Crippen LogP contribution >= 0.6 is 0 Å². The van der Waals surface area contributed by atoms with E-state index in [1.165, 1.54) is 0 Å². The van der Waals surface area contributed by atoms with Gasteiger partial charge < -0.3 is 13.6 Å². The molecule has 0 bridgehead atoms. The summed E-state index contributed by atoms with van der Waals surface area (Å²) in [6.07, 6.45) is 1.32. The number of H-pyrrole nitrogens is 1. The third-order valence-corrected chi connectivity index (χ3v) is 18.9. The molecular weight excluding hydrogens is 481 g/mol. The topological polar surface area (TPSA) is 82.5 Å². The Hall–Kier alpha value is -0.789. The van der Waals surface area contributed by atoms with Crippen LogP contribution in [0.5, 0.6) is 0 Å². The van der Waals surface area contributed by atoms with Crippen molar-refractivity contribution in [2.24, 2.45) is 0 Å². The zero-order valence-electron chi connectivity index (χ0n) is 23.7. The molecule has 0 spiro atoms. The van der Waals surface area contributed by atoms with Crippen LogP contribution in [0.1, 0.15) is 54.2 Å². The third-order valence-electron chi connectivity index (χ3n) is 7.93. The summed E-state index contributed by atoms with van der Waals surface area (Å²) in [6, 6.07) is 0. The van der Waals surface area contributed by atoms with Crippen LogP contribution in [-0.4, -0.2) is 53.1 Å². The van der Waals surface area contributed by atoms with E-state index >= 15 is 0 Å². The molecule has 3 atom stereocenters.